The molecule has 0 saturated carbocycles. The maximum atomic E-state index is 13.1. The van der Waals surface area contributed by atoms with Crippen LogP contribution in [-0.4, -0.2) is 28.1 Å². The molecule has 0 N–H and O–H groups in total. The van der Waals surface area contributed by atoms with Crippen molar-refractivity contribution >= 4 is 50.6 Å². The third-order valence-electron chi connectivity index (χ3n) is 5.24. The van der Waals surface area contributed by atoms with Crippen LogP contribution in [0.4, 0.5) is 14.9 Å². The summed E-state index contributed by atoms with van der Waals surface area (Å²) in [4.78, 5) is 37.4. The number of hydrogen-bond donors (Lipinski definition) is 0. The SMILES string of the molecule is COc1cc(C=C2SC(=O)N(Cc3ccccc3[N+](=O)[O-])C2=O)cc(Br)c1OCc1ccc(F)cc1. The fourth-order valence-corrected chi connectivity index (χ4v) is 4.89. The Labute approximate surface area is 218 Å². The Morgan fingerprint density at radius 3 is 2.56 bits per heavy atom. The Kier molecular flexibility index (Phi) is 7.70. The van der Waals surface area contributed by atoms with Gasteiger partial charge in [0, 0.05) is 11.6 Å². The summed E-state index contributed by atoms with van der Waals surface area (Å²) in [6.07, 6.45) is 1.54. The van der Waals surface area contributed by atoms with Gasteiger partial charge in [0.15, 0.2) is 11.5 Å². The maximum absolute atomic E-state index is 13.1. The number of hydrogen-bond acceptors (Lipinski definition) is 7. The van der Waals surface area contributed by atoms with Gasteiger partial charge in [-0.05, 0) is 69.2 Å². The molecule has 11 heteroatoms. The molecule has 0 unspecified atom stereocenters. The summed E-state index contributed by atoms with van der Waals surface area (Å²) in [7, 11) is 1.47. The first-order valence-electron chi connectivity index (χ1n) is 10.5. The highest BCUT2D eigenvalue weighted by atomic mass is 79.9. The minimum atomic E-state index is -0.548. The molecule has 0 aliphatic carbocycles. The number of carbonyl (C=O) groups is 2. The third kappa shape index (κ3) is 5.58. The van der Waals surface area contributed by atoms with Crippen molar-refractivity contribution in [2.24, 2.45) is 0 Å². The number of imide groups is 1. The van der Waals surface area contributed by atoms with Crippen LogP contribution in [0.15, 0.2) is 70.0 Å². The molecule has 0 radical (unpaired) electrons. The Morgan fingerprint density at radius 2 is 1.86 bits per heavy atom. The van der Waals surface area contributed by atoms with E-state index in [0.717, 1.165) is 22.2 Å². The Hall–Kier alpha value is -3.70. The average Bonchev–Trinajstić information content (AvgIpc) is 3.11. The summed E-state index contributed by atoms with van der Waals surface area (Å²) < 4.78 is 25.0. The number of methoxy groups -OCH3 is 1. The second-order valence-electron chi connectivity index (χ2n) is 7.60. The van der Waals surface area contributed by atoms with Gasteiger partial charge in [0.1, 0.15) is 12.4 Å². The van der Waals surface area contributed by atoms with Crippen molar-refractivity contribution in [3.05, 3.63) is 103 Å². The number of nitro groups is 1. The van der Waals surface area contributed by atoms with Crippen molar-refractivity contribution in [2.45, 2.75) is 13.2 Å². The van der Waals surface area contributed by atoms with Gasteiger partial charge in [0.25, 0.3) is 16.8 Å². The van der Waals surface area contributed by atoms with Gasteiger partial charge in [-0.15, -0.1) is 0 Å². The van der Waals surface area contributed by atoms with Crippen LogP contribution in [0.3, 0.4) is 0 Å². The predicted molar refractivity (Wildman–Crippen MR) is 136 cm³/mol. The zero-order chi connectivity index (χ0) is 25.8. The molecule has 8 nitrogen and oxygen atoms in total. The second-order valence-corrected chi connectivity index (χ2v) is 9.45. The van der Waals surface area contributed by atoms with Crippen LogP contribution in [-0.2, 0) is 17.9 Å². The number of amides is 2. The maximum Gasteiger partial charge on any atom is 0.293 e. The molecule has 0 atom stereocenters. The van der Waals surface area contributed by atoms with Gasteiger partial charge in [-0.3, -0.25) is 24.6 Å². The molecule has 4 rings (SSSR count). The van der Waals surface area contributed by atoms with E-state index in [1.54, 1.807) is 36.4 Å². The highest BCUT2D eigenvalue weighted by Gasteiger charge is 2.36. The van der Waals surface area contributed by atoms with Crippen LogP contribution in [0, 0.1) is 15.9 Å². The summed E-state index contributed by atoms with van der Waals surface area (Å²) in [5.41, 5.74) is 1.44. The number of para-hydroxylation sites is 1. The lowest BCUT2D eigenvalue weighted by Crippen LogP contribution is -2.27. The van der Waals surface area contributed by atoms with E-state index in [1.165, 1.54) is 37.4 Å². The standard InChI is InChI=1S/C25H18BrFN2O6S/c1-34-21-11-16(10-19(26)23(21)35-14-15-6-8-18(27)9-7-15)12-22-24(30)28(25(31)36-22)13-17-4-2-3-5-20(17)29(32)33/h2-12H,13-14H2,1H3. The van der Waals surface area contributed by atoms with Crippen LogP contribution in [0.5, 0.6) is 11.5 Å². The van der Waals surface area contributed by atoms with Gasteiger partial charge in [-0.1, -0.05) is 30.3 Å². The van der Waals surface area contributed by atoms with Crippen LogP contribution >= 0.6 is 27.7 Å². The zero-order valence-corrected chi connectivity index (χ0v) is 21.2. The van der Waals surface area contributed by atoms with Gasteiger partial charge in [-0.2, -0.15) is 0 Å². The lowest BCUT2D eigenvalue weighted by atomic mass is 10.1. The molecule has 2 amide bonds. The van der Waals surface area contributed by atoms with Gasteiger partial charge in [-0.25, -0.2) is 4.39 Å². The van der Waals surface area contributed by atoms with E-state index in [0.29, 0.717) is 21.5 Å². The number of nitrogens with zero attached hydrogens (tertiary/aromatic N) is 2. The summed E-state index contributed by atoms with van der Waals surface area (Å²) in [6.45, 7) is -0.0264. The third-order valence-corrected chi connectivity index (χ3v) is 6.73. The van der Waals surface area contributed by atoms with Crippen LogP contribution in [0.1, 0.15) is 16.7 Å². The largest absolute Gasteiger partial charge is 0.493 e. The fourth-order valence-electron chi connectivity index (χ4n) is 3.48. The predicted octanol–water partition coefficient (Wildman–Crippen LogP) is 6.32. The van der Waals surface area contributed by atoms with Crippen molar-refractivity contribution in [2.75, 3.05) is 7.11 Å². The molecule has 3 aromatic carbocycles. The molecule has 1 aliphatic rings. The number of rotatable bonds is 8. The summed E-state index contributed by atoms with van der Waals surface area (Å²) in [6, 6.07) is 15.3. The van der Waals surface area contributed by atoms with Crippen LogP contribution in [0.25, 0.3) is 6.08 Å². The van der Waals surface area contributed by atoms with Crippen LogP contribution < -0.4 is 9.47 Å². The number of thioether (sulfide) groups is 1. The van der Waals surface area contributed by atoms with Crippen molar-refractivity contribution < 1.29 is 28.4 Å². The molecule has 1 heterocycles. The molecule has 1 saturated heterocycles. The molecule has 184 valence electrons. The molecule has 0 bridgehead atoms. The van der Waals surface area contributed by atoms with Gasteiger partial charge < -0.3 is 9.47 Å². The van der Waals surface area contributed by atoms with E-state index in [-0.39, 0.29) is 35.1 Å². The average molecular weight is 573 g/mol. The number of nitro benzene ring substituents is 1. The van der Waals surface area contributed by atoms with E-state index >= 15 is 0 Å². The molecule has 0 aromatic heterocycles. The van der Waals surface area contributed by atoms with Crippen molar-refractivity contribution in [1.29, 1.82) is 0 Å². The molecule has 36 heavy (non-hydrogen) atoms. The van der Waals surface area contributed by atoms with Crippen molar-refractivity contribution in [1.82, 2.24) is 4.90 Å². The van der Waals surface area contributed by atoms with E-state index in [1.807, 2.05) is 0 Å². The first-order valence-corrected chi connectivity index (χ1v) is 12.1. The fraction of sp³-hybridized carbons (Fsp3) is 0.120. The Morgan fingerprint density at radius 1 is 1.14 bits per heavy atom. The van der Waals surface area contributed by atoms with E-state index in [2.05, 4.69) is 15.9 Å². The highest BCUT2D eigenvalue weighted by molar-refractivity contribution is 9.10. The molecular formula is C25H18BrFN2O6S. The number of benzene rings is 3. The molecule has 1 aliphatic heterocycles. The van der Waals surface area contributed by atoms with Gasteiger partial charge >= 0.3 is 0 Å². The molecule has 1 fully saturated rings. The monoisotopic (exact) mass is 572 g/mol. The Bertz CT molecular complexity index is 1380. The molecular weight excluding hydrogens is 555 g/mol. The van der Waals surface area contributed by atoms with E-state index < -0.39 is 16.1 Å². The first kappa shape index (κ1) is 25.4. The van der Waals surface area contributed by atoms with Gasteiger partial charge in [0.05, 0.1) is 28.0 Å². The summed E-state index contributed by atoms with van der Waals surface area (Å²) >= 11 is 4.20. The quantitative estimate of drug-likeness (QED) is 0.177. The van der Waals surface area contributed by atoms with E-state index in [4.69, 9.17) is 9.47 Å². The minimum Gasteiger partial charge on any atom is -0.493 e. The molecule has 3 aromatic rings. The van der Waals surface area contributed by atoms with Crippen molar-refractivity contribution in [3.63, 3.8) is 0 Å². The van der Waals surface area contributed by atoms with Crippen LogP contribution in [0.2, 0.25) is 0 Å². The van der Waals surface area contributed by atoms with Gasteiger partial charge in [0.2, 0.25) is 0 Å². The molecule has 0 spiro atoms. The highest BCUT2D eigenvalue weighted by Crippen LogP contribution is 2.40. The lowest BCUT2D eigenvalue weighted by molar-refractivity contribution is -0.385. The smallest absolute Gasteiger partial charge is 0.293 e. The normalized spacial score (nSPS) is 14.4. The van der Waals surface area contributed by atoms with E-state index in [9.17, 15) is 24.1 Å². The second kappa shape index (κ2) is 10.9. The number of ether oxygens (including phenoxy) is 2. The number of carbonyl (C=O) groups excluding carboxylic acids is 2. The van der Waals surface area contributed by atoms with Crippen molar-refractivity contribution in [3.8, 4) is 11.5 Å². The summed E-state index contributed by atoms with van der Waals surface area (Å²) in [5.74, 6) is -0.0801. The lowest BCUT2D eigenvalue weighted by Gasteiger charge is -2.14. The topological polar surface area (TPSA) is 99.0 Å². The Balaban J connectivity index is 1.54. The first-order chi connectivity index (χ1) is 17.3. The minimum absolute atomic E-state index is 0.162. The number of halogens is 2. The zero-order valence-electron chi connectivity index (χ0n) is 18.8. The summed E-state index contributed by atoms with van der Waals surface area (Å²) in [5, 5.41) is 10.8.